The van der Waals surface area contributed by atoms with Crippen LogP contribution in [0.3, 0.4) is 0 Å². The fourth-order valence-corrected chi connectivity index (χ4v) is 2.51. The SMILES string of the molecule is O=C(c1cncs1)N1CCC(OCCO)CC1. The topological polar surface area (TPSA) is 62.7 Å². The Morgan fingerprint density at radius 1 is 1.59 bits per heavy atom. The molecule has 0 aliphatic carbocycles. The minimum Gasteiger partial charge on any atom is -0.394 e. The number of amides is 1. The Morgan fingerprint density at radius 2 is 2.35 bits per heavy atom. The van der Waals surface area contributed by atoms with E-state index in [1.165, 1.54) is 11.3 Å². The van der Waals surface area contributed by atoms with Crippen molar-refractivity contribution in [3.63, 3.8) is 0 Å². The largest absolute Gasteiger partial charge is 0.394 e. The third-order valence-electron chi connectivity index (χ3n) is 2.82. The molecular weight excluding hydrogens is 240 g/mol. The van der Waals surface area contributed by atoms with E-state index in [0.29, 0.717) is 24.6 Å². The number of aromatic nitrogens is 1. The summed E-state index contributed by atoms with van der Waals surface area (Å²) in [6.07, 6.45) is 3.46. The highest BCUT2D eigenvalue weighted by atomic mass is 32.1. The van der Waals surface area contributed by atoms with Crippen LogP contribution in [0.5, 0.6) is 0 Å². The summed E-state index contributed by atoms with van der Waals surface area (Å²) in [5, 5.41) is 8.67. The highest BCUT2D eigenvalue weighted by Gasteiger charge is 2.24. The minimum absolute atomic E-state index is 0.0556. The van der Waals surface area contributed by atoms with Gasteiger partial charge in [-0.15, -0.1) is 11.3 Å². The van der Waals surface area contributed by atoms with Crippen LogP contribution < -0.4 is 0 Å². The summed E-state index contributed by atoms with van der Waals surface area (Å²) in [6.45, 7) is 1.87. The van der Waals surface area contributed by atoms with E-state index in [2.05, 4.69) is 4.98 Å². The van der Waals surface area contributed by atoms with Crippen LogP contribution in [0.25, 0.3) is 0 Å². The first-order chi connectivity index (χ1) is 8.31. The van der Waals surface area contributed by atoms with Crippen LogP contribution in [-0.4, -0.2) is 53.3 Å². The Bertz CT molecular complexity index is 348. The molecule has 0 spiro atoms. The number of hydrogen-bond acceptors (Lipinski definition) is 5. The predicted molar refractivity (Wildman–Crippen MR) is 64.1 cm³/mol. The van der Waals surface area contributed by atoms with E-state index in [0.717, 1.165) is 12.8 Å². The van der Waals surface area contributed by atoms with E-state index in [4.69, 9.17) is 9.84 Å². The lowest BCUT2D eigenvalue weighted by atomic mass is 10.1. The number of hydrogen-bond donors (Lipinski definition) is 1. The molecule has 1 saturated heterocycles. The number of thiazole rings is 1. The first kappa shape index (κ1) is 12.5. The number of nitrogens with zero attached hydrogens (tertiary/aromatic N) is 2. The second kappa shape index (κ2) is 6.09. The summed E-state index contributed by atoms with van der Waals surface area (Å²) in [4.78, 5) is 18.4. The second-order valence-electron chi connectivity index (χ2n) is 3.95. The molecule has 1 aromatic heterocycles. The maximum Gasteiger partial charge on any atom is 0.265 e. The van der Waals surface area contributed by atoms with Crippen molar-refractivity contribution in [1.29, 1.82) is 0 Å². The molecular formula is C11H16N2O3S. The molecule has 2 rings (SSSR count). The molecule has 1 N–H and O–H groups in total. The van der Waals surface area contributed by atoms with Crippen molar-refractivity contribution in [2.24, 2.45) is 0 Å². The lowest BCUT2D eigenvalue weighted by molar-refractivity contribution is -0.00545. The lowest BCUT2D eigenvalue weighted by Gasteiger charge is -2.31. The van der Waals surface area contributed by atoms with Crippen LogP contribution in [0.2, 0.25) is 0 Å². The molecule has 1 aromatic rings. The van der Waals surface area contributed by atoms with Gasteiger partial charge in [-0.05, 0) is 12.8 Å². The Balaban J connectivity index is 1.81. The van der Waals surface area contributed by atoms with Crippen molar-refractivity contribution in [2.45, 2.75) is 18.9 Å². The maximum absolute atomic E-state index is 12.0. The number of aliphatic hydroxyl groups is 1. The van der Waals surface area contributed by atoms with Gasteiger partial charge in [0.25, 0.3) is 5.91 Å². The summed E-state index contributed by atoms with van der Waals surface area (Å²) >= 11 is 1.37. The van der Waals surface area contributed by atoms with Gasteiger partial charge in [0, 0.05) is 13.1 Å². The van der Waals surface area contributed by atoms with E-state index in [1.54, 1.807) is 11.7 Å². The third kappa shape index (κ3) is 3.24. The van der Waals surface area contributed by atoms with Crippen molar-refractivity contribution in [2.75, 3.05) is 26.3 Å². The molecule has 0 atom stereocenters. The number of likely N-dealkylation sites (tertiary alicyclic amines) is 1. The Hall–Kier alpha value is -0.980. The highest BCUT2D eigenvalue weighted by Crippen LogP contribution is 2.17. The van der Waals surface area contributed by atoms with Crippen LogP contribution in [-0.2, 0) is 4.74 Å². The number of aliphatic hydroxyl groups excluding tert-OH is 1. The highest BCUT2D eigenvalue weighted by molar-refractivity contribution is 7.11. The number of rotatable bonds is 4. The molecule has 94 valence electrons. The van der Waals surface area contributed by atoms with Gasteiger partial charge in [0.1, 0.15) is 4.88 Å². The third-order valence-corrected chi connectivity index (χ3v) is 3.58. The molecule has 5 nitrogen and oxygen atoms in total. The normalized spacial score (nSPS) is 17.4. The molecule has 0 radical (unpaired) electrons. The molecule has 1 aliphatic rings. The first-order valence-electron chi connectivity index (χ1n) is 5.71. The Morgan fingerprint density at radius 3 is 2.94 bits per heavy atom. The number of carbonyl (C=O) groups excluding carboxylic acids is 1. The van der Waals surface area contributed by atoms with Gasteiger partial charge in [0.2, 0.25) is 0 Å². The number of carbonyl (C=O) groups is 1. The predicted octanol–water partition coefficient (Wildman–Crippen LogP) is 0.757. The van der Waals surface area contributed by atoms with Crippen molar-refractivity contribution in [3.8, 4) is 0 Å². The van der Waals surface area contributed by atoms with E-state index in [1.807, 2.05) is 4.90 Å². The molecule has 1 aliphatic heterocycles. The lowest BCUT2D eigenvalue weighted by Crippen LogP contribution is -2.40. The van der Waals surface area contributed by atoms with Crippen LogP contribution in [0.15, 0.2) is 11.7 Å². The van der Waals surface area contributed by atoms with Gasteiger partial charge in [-0.1, -0.05) is 0 Å². The van der Waals surface area contributed by atoms with Crippen molar-refractivity contribution >= 4 is 17.2 Å². The average molecular weight is 256 g/mol. The zero-order valence-electron chi connectivity index (χ0n) is 9.54. The van der Waals surface area contributed by atoms with Crippen molar-refractivity contribution in [1.82, 2.24) is 9.88 Å². The molecule has 1 amide bonds. The summed E-state index contributed by atoms with van der Waals surface area (Å²) in [7, 11) is 0. The molecule has 0 unspecified atom stereocenters. The minimum atomic E-state index is 0.0556. The molecule has 2 heterocycles. The first-order valence-corrected chi connectivity index (χ1v) is 6.59. The molecule has 0 saturated carbocycles. The zero-order valence-corrected chi connectivity index (χ0v) is 10.4. The summed E-state index contributed by atoms with van der Waals surface area (Å²) in [5.41, 5.74) is 1.67. The summed E-state index contributed by atoms with van der Waals surface area (Å²) < 4.78 is 5.45. The zero-order chi connectivity index (χ0) is 12.1. The van der Waals surface area contributed by atoms with Gasteiger partial charge in [0.05, 0.1) is 31.0 Å². The van der Waals surface area contributed by atoms with Crippen LogP contribution >= 0.6 is 11.3 Å². The average Bonchev–Trinajstić information content (AvgIpc) is 2.90. The maximum atomic E-state index is 12.0. The number of piperidine rings is 1. The van der Waals surface area contributed by atoms with Gasteiger partial charge >= 0.3 is 0 Å². The van der Waals surface area contributed by atoms with Crippen LogP contribution in [0.4, 0.5) is 0 Å². The molecule has 17 heavy (non-hydrogen) atoms. The van der Waals surface area contributed by atoms with Crippen molar-refractivity contribution < 1.29 is 14.6 Å². The smallest absolute Gasteiger partial charge is 0.265 e. The summed E-state index contributed by atoms with van der Waals surface area (Å²) in [5.74, 6) is 0.0631. The van der Waals surface area contributed by atoms with E-state index >= 15 is 0 Å². The Labute approximate surface area is 104 Å². The van der Waals surface area contributed by atoms with Gasteiger partial charge in [-0.2, -0.15) is 0 Å². The standard InChI is InChI=1S/C11H16N2O3S/c14-5-6-16-9-1-3-13(4-2-9)11(15)10-7-12-8-17-10/h7-9,14H,1-6H2. The quantitative estimate of drug-likeness (QED) is 0.863. The van der Waals surface area contributed by atoms with E-state index in [-0.39, 0.29) is 18.6 Å². The molecule has 1 fully saturated rings. The molecule has 6 heteroatoms. The van der Waals surface area contributed by atoms with Gasteiger partial charge < -0.3 is 14.7 Å². The molecule has 0 aromatic carbocycles. The number of ether oxygens (including phenoxy) is 1. The molecule has 0 bridgehead atoms. The monoisotopic (exact) mass is 256 g/mol. The van der Waals surface area contributed by atoms with E-state index < -0.39 is 0 Å². The fraction of sp³-hybridized carbons (Fsp3) is 0.636. The van der Waals surface area contributed by atoms with Gasteiger partial charge in [0.15, 0.2) is 0 Å². The van der Waals surface area contributed by atoms with Gasteiger partial charge in [-0.3, -0.25) is 9.78 Å². The second-order valence-corrected chi connectivity index (χ2v) is 4.84. The summed E-state index contributed by atoms with van der Waals surface area (Å²) in [6, 6.07) is 0. The van der Waals surface area contributed by atoms with Crippen LogP contribution in [0, 0.1) is 0 Å². The van der Waals surface area contributed by atoms with Crippen molar-refractivity contribution in [3.05, 3.63) is 16.6 Å². The van der Waals surface area contributed by atoms with Gasteiger partial charge in [-0.25, -0.2) is 0 Å². The fourth-order valence-electron chi connectivity index (χ4n) is 1.92. The van der Waals surface area contributed by atoms with Crippen LogP contribution in [0.1, 0.15) is 22.5 Å². The Kier molecular flexibility index (Phi) is 4.47. The van der Waals surface area contributed by atoms with E-state index in [9.17, 15) is 4.79 Å².